The highest BCUT2D eigenvalue weighted by molar-refractivity contribution is 6.68. The summed E-state index contributed by atoms with van der Waals surface area (Å²) in [5.41, 5.74) is 2.43. The van der Waals surface area contributed by atoms with Gasteiger partial charge in [-0.25, -0.2) is 23.5 Å². The quantitative estimate of drug-likeness (QED) is 0.153. The lowest BCUT2D eigenvalue weighted by atomic mass is 10.1. The van der Waals surface area contributed by atoms with E-state index in [0.717, 1.165) is 11.8 Å². The van der Waals surface area contributed by atoms with E-state index in [1.165, 1.54) is 11.0 Å². The number of benzene rings is 2. The molecule has 14 heteroatoms. The topological polar surface area (TPSA) is 130 Å². The van der Waals surface area contributed by atoms with E-state index in [-0.39, 0.29) is 35.9 Å². The fourth-order valence-corrected chi connectivity index (χ4v) is 4.33. The van der Waals surface area contributed by atoms with E-state index in [1.807, 2.05) is 49.3 Å². The number of nitrogens with one attached hydrogen (secondary N) is 4. The second-order valence-electron chi connectivity index (χ2n) is 10.0. The zero-order valence-corrected chi connectivity index (χ0v) is 24.9. The smallest absolute Gasteiger partial charge is 0.330 e. The van der Waals surface area contributed by atoms with E-state index in [4.69, 9.17) is 17.0 Å². The normalized spacial score (nSPS) is 13.4. The number of anilines is 4. The first-order chi connectivity index (χ1) is 21.1. The van der Waals surface area contributed by atoms with E-state index in [1.54, 1.807) is 41.4 Å². The SMILES string of the molecule is CN(C)C/C=C/C(=O)Nc1cccc(N2C(=O)N(Cc3ccccc3)Cc3cnc(N/C(=C/NCC(F)F)C(=N)Cl)nc32)c1. The maximum atomic E-state index is 14.0. The second kappa shape index (κ2) is 15.0. The van der Waals surface area contributed by atoms with Gasteiger partial charge in [-0.05, 0) is 37.9 Å². The Hall–Kier alpha value is -4.88. The van der Waals surface area contributed by atoms with Crippen LogP contribution >= 0.6 is 11.6 Å². The summed E-state index contributed by atoms with van der Waals surface area (Å²) in [7, 11) is 3.79. The number of hydrogen-bond donors (Lipinski definition) is 4. The molecule has 0 saturated carbocycles. The molecule has 1 aromatic heterocycles. The highest BCUT2D eigenvalue weighted by atomic mass is 35.5. The Kier molecular flexibility index (Phi) is 10.9. The summed E-state index contributed by atoms with van der Waals surface area (Å²) < 4.78 is 25.2. The molecule has 0 saturated heterocycles. The number of hydrogen-bond acceptors (Lipinski definition) is 8. The van der Waals surface area contributed by atoms with E-state index in [9.17, 15) is 18.4 Å². The molecule has 0 bridgehead atoms. The van der Waals surface area contributed by atoms with E-state index in [2.05, 4.69) is 25.9 Å². The number of urea groups is 1. The number of alkyl halides is 2. The van der Waals surface area contributed by atoms with Crippen molar-refractivity contribution in [2.45, 2.75) is 19.5 Å². The van der Waals surface area contributed by atoms with Gasteiger partial charge in [0.1, 0.15) is 5.17 Å². The fraction of sp³-hybridized carbons (Fsp3) is 0.233. The van der Waals surface area contributed by atoms with Crippen LogP contribution in [0, 0.1) is 5.41 Å². The number of fused-ring (bicyclic) bond motifs is 1. The summed E-state index contributed by atoms with van der Waals surface area (Å²) >= 11 is 5.86. The van der Waals surface area contributed by atoms with Crippen molar-refractivity contribution in [2.24, 2.45) is 0 Å². The van der Waals surface area contributed by atoms with Gasteiger partial charge in [-0.2, -0.15) is 4.98 Å². The molecule has 1 aliphatic heterocycles. The minimum atomic E-state index is -2.61. The molecule has 2 heterocycles. The summed E-state index contributed by atoms with van der Waals surface area (Å²) in [6, 6.07) is 16.0. The van der Waals surface area contributed by atoms with Crippen LogP contribution in [-0.2, 0) is 17.9 Å². The minimum absolute atomic E-state index is 0.0101. The van der Waals surface area contributed by atoms with Crippen LogP contribution in [0.2, 0.25) is 0 Å². The maximum Gasteiger partial charge on any atom is 0.330 e. The van der Waals surface area contributed by atoms with Crippen LogP contribution in [-0.4, -0.2) is 70.5 Å². The molecule has 0 atom stereocenters. The van der Waals surface area contributed by atoms with Crippen molar-refractivity contribution in [3.8, 4) is 0 Å². The number of halogens is 3. The van der Waals surface area contributed by atoms with Gasteiger partial charge < -0.3 is 25.8 Å². The number of allylic oxidation sites excluding steroid dienone is 1. The molecule has 230 valence electrons. The summed E-state index contributed by atoms with van der Waals surface area (Å²) in [6.07, 6.45) is 3.25. The molecular weight excluding hydrogens is 592 g/mol. The third-order valence-corrected chi connectivity index (χ3v) is 6.41. The Balaban J connectivity index is 1.68. The van der Waals surface area contributed by atoms with Crippen molar-refractivity contribution in [3.63, 3.8) is 0 Å². The molecule has 11 nitrogen and oxygen atoms in total. The van der Waals surface area contributed by atoms with Crippen molar-refractivity contribution in [1.29, 1.82) is 5.41 Å². The Morgan fingerprint density at radius 3 is 2.64 bits per heavy atom. The maximum absolute atomic E-state index is 14.0. The molecule has 0 fully saturated rings. The predicted molar refractivity (Wildman–Crippen MR) is 167 cm³/mol. The summed E-state index contributed by atoms with van der Waals surface area (Å²) in [4.78, 5) is 40.4. The first-order valence-electron chi connectivity index (χ1n) is 13.5. The molecule has 44 heavy (non-hydrogen) atoms. The first-order valence-corrected chi connectivity index (χ1v) is 13.9. The Labute approximate surface area is 258 Å². The largest absolute Gasteiger partial charge is 0.383 e. The van der Waals surface area contributed by atoms with Crippen LogP contribution in [0.25, 0.3) is 0 Å². The van der Waals surface area contributed by atoms with Gasteiger partial charge >= 0.3 is 6.03 Å². The highest BCUT2D eigenvalue weighted by Crippen LogP contribution is 2.35. The van der Waals surface area contributed by atoms with Crippen LogP contribution in [0.15, 0.2) is 84.8 Å². The van der Waals surface area contributed by atoms with Gasteiger partial charge in [0.25, 0.3) is 6.43 Å². The van der Waals surface area contributed by atoms with Crippen LogP contribution in [0.5, 0.6) is 0 Å². The van der Waals surface area contributed by atoms with Crippen molar-refractivity contribution in [1.82, 2.24) is 25.1 Å². The molecule has 0 spiro atoms. The molecule has 4 N–H and O–H groups in total. The molecule has 3 amide bonds. The number of amides is 3. The minimum Gasteiger partial charge on any atom is -0.383 e. The van der Waals surface area contributed by atoms with Gasteiger partial charge in [-0.3, -0.25) is 10.2 Å². The van der Waals surface area contributed by atoms with Gasteiger partial charge in [0.15, 0.2) is 5.82 Å². The van der Waals surface area contributed by atoms with Crippen molar-refractivity contribution < 1.29 is 18.4 Å². The van der Waals surface area contributed by atoms with Gasteiger partial charge in [0.05, 0.1) is 24.5 Å². The molecular formula is C30H32ClF2N9O2. The number of likely N-dealkylation sites (N-methyl/N-ethyl adjacent to an activating group) is 1. The average molecular weight is 624 g/mol. The predicted octanol–water partition coefficient (Wildman–Crippen LogP) is 5.13. The third-order valence-electron chi connectivity index (χ3n) is 6.21. The van der Waals surface area contributed by atoms with Crippen LogP contribution < -0.4 is 20.9 Å². The monoisotopic (exact) mass is 623 g/mol. The highest BCUT2D eigenvalue weighted by Gasteiger charge is 2.34. The van der Waals surface area contributed by atoms with Crippen molar-refractivity contribution >= 4 is 51.9 Å². The van der Waals surface area contributed by atoms with Gasteiger partial charge in [0.2, 0.25) is 11.9 Å². The third kappa shape index (κ3) is 8.82. The number of carbonyl (C=O) groups excluding carboxylic acids is 2. The standard InChI is InChI=1S/C30H32ClF2N9O2/c1-40(2)13-7-12-26(43)37-22-10-6-11-23(14-22)42-28-21(19-41(30(42)44)18-20-8-4-3-5-9-20)15-36-29(39-28)38-24(27(31)34)16-35-17-25(32)33/h3-12,14-16,25,34-35H,13,17-19H2,1-2H3,(H,37,43)(H,36,38,39)/b12-7+,24-16+,34-27?. The molecule has 3 aromatic rings. The Morgan fingerprint density at radius 2 is 1.93 bits per heavy atom. The molecule has 4 rings (SSSR count). The van der Waals surface area contributed by atoms with Crippen LogP contribution in [0.1, 0.15) is 11.1 Å². The second-order valence-corrected chi connectivity index (χ2v) is 10.4. The Morgan fingerprint density at radius 1 is 1.16 bits per heavy atom. The van der Waals surface area contributed by atoms with E-state index < -0.39 is 18.1 Å². The average Bonchev–Trinajstić information content (AvgIpc) is 2.97. The lowest BCUT2D eigenvalue weighted by molar-refractivity contribution is -0.111. The van der Waals surface area contributed by atoms with Crippen LogP contribution in [0.3, 0.4) is 0 Å². The lowest BCUT2D eigenvalue weighted by Crippen LogP contribution is -2.45. The zero-order chi connectivity index (χ0) is 31.6. The van der Waals surface area contributed by atoms with E-state index in [0.29, 0.717) is 30.0 Å². The molecule has 2 aromatic carbocycles. The van der Waals surface area contributed by atoms with Gasteiger partial charge in [-0.15, -0.1) is 0 Å². The lowest BCUT2D eigenvalue weighted by Gasteiger charge is -2.36. The molecule has 0 radical (unpaired) electrons. The Bertz CT molecular complexity index is 1550. The van der Waals surface area contributed by atoms with Gasteiger partial charge in [0, 0.05) is 42.8 Å². The summed E-state index contributed by atoms with van der Waals surface area (Å²) in [5, 5.41) is 15.3. The van der Waals surface area contributed by atoms with Crippen molar-refractivity contribution in [2.75, 3.05) is 42.7 Å². The van der Waals surface area contributed by atoms with Crippen LogP contribution in [0.4, 0.5) is 36.7 Å². The van der Waals surface area contributed by atoms with Gasteiger partial charge in [-0.1, -0.05) is 54.1 Å². The zero-order valence-electron chi connectivity index (χ0n) is 24.1. The molecule has 1 aliphatic rings. The van der Waals surface area contributed by atoms with Crippen molar-refractivity contribution in [3.05, 3.63) is 96.0 Å². The number of nitrogens with zero attached hydrogens (tertiary/aromatic N) is 5. The summed E-state index contributed by atoms with van der Waals surface area (Å²) in [5.74, 6) is -0.0617. The summed E-state index contributed by atoms with van der Waals surface area (Å²) in [6.45, 7) is 0.506. The first kappa shape index (κ1) is 32.0. The number of carbonyl (C=O) groups is 2. The number of aromatic nitrogens is 2. The molecule has 0 unspecified atom stereocenters. The fourth-order valence-electron chi connectivity index (χ4n) is 4.23. The number of rotatable bonds is 13. The van der Waals surface area contributed by atoms with E-state index >= 15 is 0 Å². The molecule has 0 aliphatic carbocycles.